The summed E-state index contributed by atoms with van der Waals surface area (Å²) in [5.74, 6) is -0.206. The van der Waals surface area contributed by atoms with Crippen LogP contribution in [0.1, 0.15) is 23.8 Å². The molecule has 1 amide bonds. The Morgan fingerprint density at radius 2 is 2.41 bits per heavy atom. The standard InChI is InChI=1S/C11H19N3O3/c1-4-5-12-10(15)9-8-17-11(13-9)14(2)6-7-16-3/h8H,4-7H2,1-3H3,(H,12,15). The van der Waals surface area contributed by atoms with Crippen LogP contribution in [0.3, 0.4) is 0 Å². The number of anilines is 1. The highest BCUT2D eigenvalue weighted by atomic mass is 16.5. The molecular formula is C11H19N3O3. The van der Waals surface area contributed by atoms with Gasteiger partial charge in [0.2, 0.25) is 0 Å². The third kappa shape index (κ3) is 4.07. The molecule has 1 N–H and O–H groups in total. The van der Waals surface area contributed by atoms with E-state index in [0.29, 0.717) is 31.4 Å². The maximum atomic E-state index is 11.6. The van der Waals surface area contributed by atoms with Crippen molar-refractivity contribution in [1.29, 1.82) is 0 Å². The molecule has 0 aliphatic rings. The Kier molecular flexibility index (Phi) is 5.48. The second kappa shape index (κ2) is 6.90. The SMILES string of the molecule is CCCNC(=O)c1coc(N(C)CCOC)n1. The maximum absolute atomic E-state index is 11.6. The van der Waals surface area contributed by atoms with E-state index in [4.69, 9.17) is 9.15 Å². The van der Waals surface area contributed by atoms with Crippen molar-refractivity contribution in [2.45, 2.75) is 13.3 Å². The summed E-state index contributed by atoms with van der Waals surface area (Å²) in [4.78, 5) is 17.5. The first-order valence-corrected chi connectivity index (χ1v) is 5.62. The lowest BCUT2D eigenvalue weighted by molar-refractivity contribution is 0.0948. The lowest BCUT2D eigenvalue weighted by atomic mass is 10.4. The van der Waals surface area contributed by atoms with Crippen LogP contribution in [0.15, 0.2) is 10.7 Å². The molecule has 1 aromatic heterocycles. The van der Waals surface area contributed by atoms with Crippen LogP contribution >= 0.6 is 0 Å². The molecule has 0 atom stereocenters. The summed E-state index contributed by atoms with van der Waals surface area (Å²) in [5.41, 5.74) is 0.303. The van der Waals surface area contributed by atoms with E-state index >= 15 is 0 Å². The number of nitrogens with zero attached hydrogens (tertiary/aromatic N) is 2. The van der Waals surface area contributed by atoms with Crippen molar-refractivity contribution in [3.05, 3.63) is 12.0 Å². The Bertz CT molecular complexity index is 351. The molecule has 0 unspecified atom stereocenters. The molecule has 1 heterocycles. The zero-order valence-electron chi connectivity index (χ0n) is 10.5. The van der Waals surface area contributed by atoms with Gasteiger partial charge in [0.25, 0.3) is 11.9 Å². The molecule has 0 bridgehead atoms. The summed E-state index contributed by atoms with van der Waals surface area (Å²) in [5, 5.41) is 2.74. The van der Waals surface area contributed by atoms with Crippen LogP contribution in [0.25, 0.3) is 0 Å². The molecule has 1 aromatic rings. The number of carbonyl (C=O) groups excluding carboxylic acids is 1. The lowest BCUT2D eigenvalue weighted by Crippen LogP contribution is -2.25. The molecule has 0 aliphatic heterocycles. The van der Waals surface area contributed by atoms with Crippen molar-refractivity contribution in [2.75, 3.05) is 38.8 Å². The molecule has 0 spiro atoms. The molecule has 0 radical (unpaired) electrons. The third-order valence-corrected chi connectivity index (χ3v) is 2.22. The summed E-state index contributed by atoms with van der Waals surface area (Å²) < 4.78 is 10.2. The number of amides is 1. The van der Waals surface area contributed by atoms with E-state index < -0.39 is 0 Å². The van der Waals surface area contributed by atoms with Crippen LogP contribution in [0.5, 0.6) is 0 Å². The smallest absolute Gasteiger partial charge is 0.297 e. The monoisotopic (exact) mass is 241 g/mol. The van der Waals surface area contributed by atoms with Gasteiger partial charge in [0, 0.05) is 27.2 Å². The summed E-state index contributed by atoms with van der Waals surface area (Å²) in [6.07, 6.45) is 2.26. The number of aromatic nitrogens is 1. The minimum atomic E-state index is -0.206. The molecule has 0 aromatic carbocycles. The van der Waals surface area contributed by atoms with Crippen LogP contribution < -0.4 is 10.2 Å². The molecule has 96 valence electrons. The zero-order chi connectivity index (χ0) is 12.7. The van der Waals surface area contributed by atoms with E-state index in [1.807, 2.05) is 14.0 Å². The zero-order valence-corrected chi connectivity index (χ0v) is 10.5. The highest BCUT2D eigenvalue weighted by Crippen LogP contribution is 2.11. The molecular weight excluding hydrogens is 222 g/mol. The molecule has 0 fully saturated rings. The summed E-state index contributed by atoms with van der Waals surface area (Å²) in [6.45, 7) is 3.87. The van der Waals surface area contributed by atoms with E-state index in [1.165, 1.54) is 6.26 Å². The molecule has 6 heteroatoms. The third-order valence-electron chi connectivity index (χ3n) is 2.22. The Balaban J connectivity index is 2.54. The number of ether oxygens (including phenoxy) is 1. The molecule has 6 nitrogen and oxygen atoms in total. The highest BCUT2D eigenvalue weighted by molar-refractivity contribution is 5.92. The highest BCUT2D eigenvalue weighted by Gasteiger charge is 2.13. The van der Waals surface area contributed by atoms with Gasteiger partial charge in [0.05, 0.1) is 6.61 Å². The summed E-state index contributed by atoms with van der Waals surface area (Å²) in [6, 6.07) is 0.420. The second-order valence-electron chi connectivity index (χ2n) is 3.69. The van der Waals surface area contributed by atoms with Crippen LogP contribution in [-0.4, -0.2) is 44.7 Å². The fourth-order valence-electron chi connectivity index (χ4n) is 1.20. The Hall–Kier alpha value is -1.56. The van der Waals surface area contributed by atoms with Gasteiger partial charge in [0.15, 0.2) is 5.69 Å². The maximum Gasteiger partial charge on any atom is 0.297 e. The average Bonchev–Trinajstić information content (AvgIpc) is 2.82. The number of nitrogens with one attached hydrogen (secondary N) is 1. The Morgan fingerprint density at radius 1 is 1.65 bits per heavy atom. The van der Waals surface area contributed by atoms with Gasteiger partial charge in [0.1, 0.15) is 6.26 Å². The normalized spacial score (nSPS) is 10.3. The predicted octanol–water partition coefficient (Wildman–Crippen LogP) is 0.897. The quantitative estimate of drug-likeness (QED) is 0.768. The van der Waals surface area contributed by atoms with Crippen molar-refractivity contribution in [3.8, 4) is 0 Å². The van der Waals surface area contributed by atoms with Crippen molar-refractivity contribution < 1.29 is 13.9 Å². The van der Waals surface area contributed by atoms with Crippen LogP contribution in [0.4, 0.5) is 6.01 Å². The van der Waals surface area contributed by atoms with Crippen molar-refractivity contribution >= 4 is 11.9 Å². The van der Waals surface area contributed by atoms with Crippen molar-refractivity contribution in [2.24, 2.45) is 0 Å². The average molecular weight is 241 g/mol. The van der Waals surface area contributed by atoms with E-state index in [2.05, 4.69) is 10.3 Å². The molecule has 0 aliphatic carbocycles. The minimum Gasteiger partial charge on any atom is -0.431 e. The first kappa shape index (κ1) is 13.5. The van der Waals surface area contributed by atoms with Crippen LogP contribution in [-0.2, 0) is 4.74 Å². The number of hydrogen-bond acceptors (Lipinski definition) is 5. The van der Waals surface area contributed by atoms with Crippen LogP contribution in [0, 0.1) is 0 Å². The summed E-state index contributed by atoms with van der Waals surface area (Å²) >= 11 is 0. The largest absolute Gasteiger partial charge is 0.431 e. The Morgan fingerprint density at radius 3 is 3.06 bits per heavy atom. The molecule has 0 saturated carbocycles. The Labute approximate surface area is 101 Å². The number of methoxy groups -OCH3 is 1. The number of oxazole rings is 1. The fourth-order valence-corrected chi connectivity index (χ4v) is 1.20. The number of carbonyl (C=O) groups is 1. The van der Waals surface area contributed by atoms with E-state index in [-0.39, 0.29) is 5.91 Å². The molecule has 17 heavy (non-hydrogen) atoms. The van der Waals surface area contributed by atoms with Gasteiger partial charge in [-0.3, -0.25) is 4.79 Å². The van der Waals surface area contributed by atoms with E-state index in [9.17, 15) is 4.79 Å². The van der Waals surface area contributed by atoms with Gasteiger partial charge >= 0.3 is 0 Å². The second-order valence-corrected chi connectivity index (χ2v) is 3.69. The van der Waals surface area contributed by atoms with Gasteiger partial charge in [-0.1, -0.05) is 6.92 Å². The number of hydrogen-bond donors (Lipinski definition) is 1. The first-order valence-electron chi connectivity index (χ1n) is 5.62. The van der Waals surface area contributed by atoms with Gasteiger partial charge in [-0.15, -0.1) is 0 Å². The van der Waals surface area contributed by atoms with Crippen molar-refractivity contribution in [1.82, 2.24) is 10.3 Å². The lowest BCUT2D eigenvalue weighted by Gasteiger charge is -2.12. The molecule has 1 rings (SSSR count). The molecule has 0 saturated heterocycles. The van der Waals surface area contributed by atoms with Crippen molar-refractivity contribution in [3.63, 3.8) is 0 Å². The van der Waals surface area contributed by atoms with Gasteiger partial charge in [-0.25, -0.2) is 0 Å². The topological polar surface area (TPSA) is 67.6 Å². The predicted molar refractivity (Wildman–Crippen MR) is 64.3 cm³/mol. The van der Waals surface area contributed by atoms with Crippen LogP contribution in [0.2, 0.25) is 0 Å². The summed E-state index contributed by atoms with van der Waals surface area (Å²) in [7, 11) is 3.46. The van der Waals surface area contributed by atoms with Gasteiger partial charge in [-0.05, 0) is 6.42 Å². The first-order chi connectivity index (χ1) is 8.19. The van der Waals surface area contributed by atoms with Gasteiger partial charge in [-0.2, -0.15) is 4.98 Å². The van der Waals surface area contributed by atoms with E-state index in [0.717, 1.165) is 6.42 Å². The number of rotatable bonds is 7. The number of likely N-dealkylation sites (N-methyl/N-ethyl adjacent to an activating group) is 1. The fraction of sp³-hybridized carbons (Fsp3) is 0.636. The van der Waals surface area contributed by atoms with Gasteiger partial charge < -0.3 is 19.4 Å². The minimum absolute atomic E-state index is 0.206. The van der Waals surface area contributed by atoms with E-state index in [1.54, 1.807) is 12.0 Å².